The standard InChI is InChI=1S/C14H14N2O2S/c1-18-12-4-2-10(3-5-12)13(17)8-11-9-19-14-15-6-7-16(11)14/h2-5,9H,6-8H2,1H3. The van der Waals surface area contributed by atoms with E-state index < -0.39 is 0 Å². The molecule has 0 radical (unpaired) electrons. The lowest BCUT2D eigenvalue weighted by Crippen LogP contribution is -2.22. The molecule has 3 rings (SSSR count). The number of ether oxygens (including phenoxy) is 1. The van der Waals surface area contributed by atoms with Crippen LogP contribution in [0.25, 0.3) is 0 Å². The first-order valence-electron chi connectivity index (χ1n) is 6.13. The molecule has 2 aliphatic rings. The fourth-order valence-electron chi connectivity index (χ4n) is 2.16. The van der Waals surface area contributed by atoms with Gasteiger partial charge in [-0.2, -0.15) is 0 Å². The van der Waals surface area contributed by atoms with E-state index in [2.05, 4.69) is 9.89 Å². The molecular weight excluding hydrogens is 260 g/mol. The highest BCUT2D eigenvalue weighted by molar-refractivity contribution is 8.16. The van der Waals surface area contributed by atoms with Crippen LogP contribution in [0.2, 0.25) is 0 Å². The Kier molecular flexibility index (Phi) is 3.29. The van der Waals surface area contributed by atoms with Crippen LogP contribution in [0.1, 0.15) is 16.8 Å². The summed E-state index contributed by atoms with van der Waals surface area (Å²) in [6.07, 6.45) is 0.429. The summed E-state index contributed by atoms with van der Waals surface area (Å²) < 4.78 is 5.09. The van der Waals surface area contributed by atoms with Crippen molar-refractivity contribution in [2.24, 2.45) is 4.99 Å². The first kappa shape index (κ1) is 12.3. The number of Topliss-reactive ketones (excluding diaryl/α,β-unsaturated/α-hetero) is 1. The van der Waals surface area contributed by atoms with Gasteiger partial charge in [0.1, 0.15) is 5.75 Å². The van der Waals surface area contributed by atoms with Crippen molar-refractivity contribution in [3.05, 3.63) is 40.9 Å². The van der Waals surface area contributed by atoms with Crippen molar-refractivity contribution in [1.82, 2.24) is 4.90 Å². The minimum Gasteiger partial charge on any atom is -0.497 e. The van der Waals surface area contributed by atoms with Crippen molar-refractivity contribution in [3.63, 3.8) is 0 Å². The second-order valence-corrected chi connectivity index (χ2v) is 5.21. The molecule has 0 bridgehead atoms. The van der Waals surface area contributed by atoms with E-state index in [0.717, 1.165) is 35.3 Å². The van der Waals surface area contributed by atoms with Gasteiger partial charge in [-0.25, -0.2) is 0 Å². The van der Waals surface area contributed by atoms with Crippen LogP contribution >= 0.6 is 11.8 Å². The van der Waals surface area contributed by atoms with Gasteiger partial charge in [-0.05, 0) is 29.7 Å². The Bertz CT molecular complexity index is 563. The fourth-order valence-corrected chi connectivity index (χ4v) is 3.11. The molecule has 1 aromatic carbocycles. The van der Waals surface area contributed by atoms with E-state index in [1.54, 1.807) is 18.9 Å². The number of carbonyl (C=O) groups is 1. The Morgan fingerprint density at radius 2 is 2.21 bits per heavy atom. The maximum Gasteiger partial charge on any atom is 0.168 e. The maximum absolute atomic E-state index is 12.2. The molecule has 0 unspecified atom stereocenters. The van der Waals surface area contributed by atoms with Crippen molar-refractivity contribution in [1.29, 1.82) is 0 Å². The quantitative estimate of drug-likeness (QED) is 0.791. The first-order valence-corrected chi connectivity index (χ1v) is 7.01. The smallest absolute Gasteiger partial charge is 0.168 e. The molecule has 0 N–H and O–H groups in total. The highest BCUT2D eigenvalue weighted by Crippen LogP contribution is 2.31. The number of allylic oxidation sites excluding steroid dienone is 1. The molecule has 4 nitrogen and oxygen atoms in total. The van der Waals surface area contributed by atoms with Gasteiger partial charge in [0.05, 0.1) is 20.1 Å². The monoisotopic (exact) mass is 274 g/mol. The molecule has 0 fully saturated rings. The van der Waals surface area contributed by atoms with Crippen molar-refractivity contribution in [3.8, 4) is 5.75 Å². The number of benzene rings is 1. The van der Waals surface area contributed by atoms with Gasteiger partial charge in [-0.3, -0.25) is 9.79 Å². The molecule has 5 heteroatoms. The van der Waals surface area contributed by atoms with Gasteiger partial charge in [-0.15, -0.1) is 0 Å². The third-order valence-electron chi connectivity index (χ3n) is 3.20. The average molecular weight is 274 g/mol. The van der Waals surface area contributed by atoms with E-state index in [-0.39, 0.29) is 5.78 Å². The number of carbonyl (C=O) groups excluding carboxylic acids is 1. The van der Waals surface area contributed by atoms with Crippen molar-refractivity contribution in [2.75, 3.05) is 20.2 Å². The zero-order chi connectivity index (χ0) is 13.2. The number of aliphatic imine (C=N–C) groups is 1. The van der Waals surface area contributed by atoms with Gasteiger partial charge in [-0.1, -0.05) is 11.8 Å². The Labute approximate surface area is 116 Å². The van der Waals surface area contributed by atoms with E-state index in [1.165, 1.54) is 0 Å². The van der Waals surface area contributed by atoms with Crippen LogP contribution in [0.5, 0.6) is 5.75 Å². The predicted octanol–water partition coefficient (Wildman–Crippen LogP) is 2.53. The number of methoxy groups -OCH3 is 1. The lowest BCUT2D eigenvalue weighted by molar-refractivity contribution is 0.0988. The number of nitrogens with zero attached hydrogens (tertiary/aromatic N) is 2. The minimum absolute atomic E-state index is 0.127. The zero-order valence-electron chi connectivity index (χ0n) is 10.6. The molecule has 0 amide bonds. The number of rotatable bonds is 4. The van der Waals surface area contributed by atoms with Crippen LogP contribution < -0.4 is 4.74 Å². The molecule has 0 saturated heterocycles. The van der Waals surface area contributed by atoms with Gasteiger partial charge >= 0.3 is 0 Å². The summed E-state index contributed by atoms with van der Waals surface area (Å²) in [4.78, 5) is 18.7. The number of hydrogen-bond donors (Lipinski definition) is 0. The van der Waals surface area contributed by atoms with Gasteiger partial charge in [0, 0.05) is 17.8 Å². The van der Waals surface area contributed by atoms with E-state index in [4.69, 9.17) is 4.74 Å². The summed E-state index contributed by atoms with van der Waals surface area (Å²) in [5, 5.41) is 3.05. The molecule has 19 heavy (non-hydrogen) atoms. The van der Waals surface area contributed by atoms with Gasteiger partial charge in [0.2, 0.25) is 0 Å². The largest absolute Gasteiger partial charge is 0.497 e. The fraction of sp³-hybridized carbons (Fsp3) is 0.286. The third kappa shape index (κ3) is 2.38. The van der Waals surface area contributed by atoms with Crippen molar-refractivity contribution >= 4 is 22.7 Å². The molecule has 0 spiro atoms. The molecule has 0 aromatic heterocycles. The first-order chi connectivity index (χ1) is 9.28. The van der Waals surface area contributed by atoms with Crippen LogP contribution in [0.15, 0.2) is 40.4 Å². The van der Waals surface area contributed by atoms with E-state index in [1.807, 2.05) is 29.7 Å². The van der Waals surface area contributed by atoms with Crippen LogP contribution in [-0.2, 0) is 0 Å². The van der Waals surface area contributed by atoms with Crippen LogP contribution in [0.3, 0.4) is 0 Å². The molecule has 0 atom stereocenters. The van der Waals surface area contributed by atoms with E-state index in [0.29, 0.717) is 6.42 Å². The normalized spacial score (nSPS) is 17.0. The van der Waals surface area contributed by atoms with Gasteiger partial charge < -0.3 is 9.64 Å². The summed E-state index contributed by atoms with van der Waals surface area (Å²) in [6.45, 7) is 1.72. The Balaban J connectivity index is 1.69. The molecule has 0 aliphatic carbocycles. The second kappa shape index (κ2) is 5.09. The number of amidine groups is 1. The topological polar surface area (TPSA) is 41.9 Å². The van der Waals surface area contributed by atoms with Gasteiger partial charge in [0.25, 0.3) is 0 Å². The van der Waals surface area contributed by atoms with Crippen LogP contribution in [0, 0.1) is 0 Å². The van der Waals surface area contributed by atoms with Crippen molar-refractivity contribution < 1.29 is 9.53 Å². The van der Waals surface area contributed by atoms with Crippen LogP contribution in [0.4, 0.5) is 0 Å². The Morgan fingerprint density at radius 1 is 1.42 bits per heavy atom. The molecule has 98 valence electrons. The lowest BCUT2D eigenvalue weighted by atomic mass is 10.1. The van der Waals surface area contributed by atoms with Crippen molar-refractivity contribution in [2.45, 2.75) is 6.42 Å². The number of ketones is 1. The number of hydrogen-bond acceptors (Lipinski definition) is 5. The zero-order valence-corrected chi connectivity index (χ0v) is 11.4. The molecule has 0 saturated carbocycles. The second-order valence-electron chi connectivity index (χ2n) is 4.37. The Morgan fingerprint density at radius 3 is 2.95 bits per heavy atom. The molecule has 2 aliphatic heterocycles. The summed E-state index contributed by atoms with van der Waals surface area (Å²) in [6, 6.07) is 7.24. The highest BCUT2D eigenvalue weighted by atomic mass is 32.2. The predicted molar refractivity (Wildman–Crippen MR) is 76.6 cm³/mol. The third-order valence-corrected chi connectivity index (χ3v) is 4.15. The highest BCUT2D eigenvalue weighted by Gasteiger charge is 2.27. The molecule has 2 heterocycles. The molecular formula is C14H14N2O2S. The summed E-state index contributed by atoms with van der Waals surface area (Å²) in [5.74, 6) is 0.892. The summed E-state index contributed by atoms with van der Waals surface area (Å²) in [5.41, 5.74) is 1.78. The van der Waals surface area contributed by atoms with E-state index >= 15 is 0 Å². The summed E-state index contributed by atoms with van der Waals surface area (Å²) >= 11 is 1.61. The van der Waals surface area contributed by atoms with Gasteiger partial charge in [0.15, 0.2) is 11.0 Å². The summed E-state index contributed by atoms with van der Waals surface area (Å²) in [7, 11) is 1.62. The van der Waals surface area contributed by atoms with E-state index in [9.17, 15) is 4.79 Å². The SMILES string of the molecule is COc1ccc(C(=O)CC2=CSC3=NCCN23)cc1. The van der Waals surface area contributed by atoms with Crippen LogP contribution in [-0.4, -0.2) is 36.1 Å². The maximum atomic E-state index is 12.2. The minimum atomic E-state index is 0.127. The number of thioether (sulfide) groups is 1. The Hall–Kier alpha value is -1.75. The number of fused-ring (bicyclic) bond motifs is 1. The molecule has 1 aromatic rings. The lowest BCUT2D eigenvalue weighted by Gasteiger charge is -2.15. The average Bonchev–Trinajstić information content (AvgIpc) is 3.04.